The fourth-order valence-corrected chi connectivity index (χ4v) is 4.61. The van der Waals surface area contributed by atoms with Gasteiger partial charge in [0.2, 0.25) is 0 Å². The molecular formula is C24H15IN2O3S. The summed E-state index contributed by atoms with van der Waals surface area (Å²) < 4.78 is 12.8. The number of thiazole rings is 1. The highest BCUT2D eigenvalue weighted by Gasteiger charge is 2.17. The van der Waals surface area contributed by atoms with Crippen LogP contribution in [0.15, 0.2) is 66.7 Å². The van der Waals surface area contributed by atoms with Crippen molar-refractivity contribution in [2.45, 2.75) is 0 Å². The lowest BCUT2D eigenvalue weighted by molar-refractivity contribution is 0.0728. The quantitative estimate of drug-likeness (QED) is 0.131. The highest BCUT2D eigenvalue weighted by molar-refractivity contribution is 14.1. The molecule has 1 heterocycles. The van der Waals surface area contributed by atoms with Crippen molar-refractivity contribution in [3.8, 4) is 17.6 Å². The number of ether oxygens (including phenoxy) is 2. The molecule has 0 radical (unpaired) electrons. The summed E-state index contributed by atoms with van der Waals surface area (Å²) >= 11 is 3.56. The number of carbonyl (C=O) groups is 1. The number of halogens is 1. The average molecular weight is 538 g/mol. The third-order valence-electron chi connectivity index (χ3n) is 4.41. The van der Waals surface area contributed by atoms with Gasteiger partial charge in [-0.25, -0.2) is 9.78 Å². The van der Waals surface area contributed by atoms with E-state index in [0.29, 0.717) is 31.2 Å². The predicted molar refractivity (Wildman–Crippen MR) is 130 cm³/mol. The van der Waals surface area contributed by atoms with Crippen LogP contribution in [0.4, 0.5) is 0 Å². The Kier molecular flexibility index (Phi) is 6.30. The van der Waals surface area contributed by atoms with E-state index in [1.54, 1.807) is 36.4 Å². The summed E-state index contributed by atoms with van der Waals surface area (Å²) in [6, 6.07) is 22.3. The number of fused-ring (bicyclic) bond motifs is 1. The molecule has 0 spiro atoms. The minimum Gasteiger partial charge on any atom is -0.493 e. The number of benzene rings is 3. The molecule has 0 N–H and O–H groups in total. The number of aromatic nitrogens is 1. The molecule has 4 aromatic rings. The van der Waals surface area contributed by atoms with Crippen LogP contribution in [0.2, 0.25) is 0 Å². The van der Waals surface area contributed by atoms with E-state index in [4.69, 9.17) is 9.47 Å². The molecule has 0 amide bonds. The van der Waals surface area contributed by atoms with Gasteiger partial charge in [-0.3, -0.25) is 0 Å². The van der Waals surface area contributed by atoms with Crippen LogP contribution in [-0.4, -0.2) is 18.1 Å². The molecule has 0 saturated carbocycles. The maximum atomic E-state index is 12.5. The lowest BCUT2D eigenvalue weighted by Crippen LogP contribution is -2.10. The van der Waals surface area contributed by atoms with E-state index >= 15 is 0 Å². The zero-order valence-corrected chi connectivity index (χ0v) is 19.3. The molecule has 1 aromatic heterocycles. The summed E-state index contributed by atoms with van der Waals surface area (Å²) in [6.45, 7) is 0. The van der Waals surface area contributed by atoms with Crippen molar-refractivity contribution in [2.75, 3.05) is 7.11 Å². The third kappa shape index (κ3) is 4.60. The van der Waals surface area contributed by atoms with Crippen LogP contribution >= 0.6 is 33.9 Å². The number of rotatable bonds is 5. The highest BCUT2D eigenvalue weighted by Crippen LogP contribution is 2.36. The van der Waals surface area contributed by atoms with Crippen LogP contribution < -0.4 is 9.47 Å². The molecule has 0 aliphatic rings. The first-order valence-corrected chi connectivity index (χ1v) is 11.1. The van der Waals surface area contributed by atoms with E-state index in [9.17, 15) is 10.1 Å². The van der Waals surface area contributed by atoms with Crippen LogP contribution in [0.25, 0.3) is 21.9 Å². The molecule has 4 rings (SSSR count). The molecule has 7 heteroatoms. The minimum absolute atomic E-state index is 0.340. The van der Waals surface area contributed by atoms with E-state index in [1.165, 1.54) is 18.4 Å². The Bertz CT molecular complexity index is 1310. The van der Waals surface area contributed by atoms with Gasteiger partial charge in [-0.05, 0) is 70.6 Å². The molecule has 3 aromatic carbocycles. The van der Waals surface area contributed by atoms with Gasteiger partial charge in [0.15, 0.2) is 11.5 Å². The number of methoxy groups -OCH3 is 1. The number of para-hydroxylation sites is 1. The second-order valence-electron chi connectivity index (χ2n) is 6.45. The molecule has 0 aliphatic carbocycles. The van der Waals surface area contributed by atoms with Crippen molar-refractivity contribution in [3.05, 3.63) is 86.4 Å². The second kappa shape index (κ2) is 9.29. The number of nitriles is 1. The zero-order chi connectivity index (χ0) is 21.8. The molecule has 0 fully saturated rings. The Labute approximate surface area is 196 Å². The molecule has 31 heavy (non-hydrogen) atoms. The first-order chi connectivity index (χ1) is 15.1. The first kappa shape index (κ1) is 21.0. The summed E-state index contributed by atoms with van der Waals surface area (Å²) in [7, 11) is 1.51. The summed E-state index contributed by atoms with van der Waals surface area (Å²) in [5, 5.41) is 10.4. The van der Waals surface area contributed by atoms with Crippen LogP contribution in [-0.2, 0) is 0 Å². The zero-order valence-electron chi connectivity index (χ0n) is 16.3. The Morgan fingerprint density at radius 2 is 1.87 bits per heavy atom. The average Bonchev–Trinajstić information content (AvgIpc) is 3.23. The number of nitrogens with zero attached hydrogens (tertiary/aromatic N) is 2. The molecule has 0 aliphatic heterocycles. The summed E-state index contributed by atoms with van der Waals surface area (Å²) in [5.74, 6) is 0.281. The molecule has 0 unspecified atom stereocenters. The van der Waals surface area contributed by atoms with E-state index in [2.05, 4.69) is 33.6 Å². The van der Waals surface area contributed by atoms with E-state index in [1.807, 2.05) is 36.4 Å². The molecule has 0 atom stereocenters. The van der Waals surface area contributed by atoms with Gasteiger partial charge < -0.3 is 9.47 Å². The van der Waals surface area contributed by atoms with Crippen LogP contribution in [0, 0.1) is 14.9 Å². The van der Waals surface area contributed by atoms with E-state index < -0.39 is 5.97 Å². The summed E-state index contributed by atoms with van der Waals surface area (Å²) in [6.07, 6.45) is 1.76. The molecule has 0 saturated heterocycles. The standard InChI is InChI=1S/C24H15IN2O3S/c1-29-20-13-15(11-17(14-26)23-27-19-9-5-6-10-21(19)31-23)12-18(25)22(20)30-24(28)16-7-3-2-4-8-16/h2-13H,1H3. The van der Waals surface area contributed by atoms with Gasteiger partial charge in [0, 0.05) is 0 Å². The van der Waals surface area contributed by atoms with Crippen LogP contribution in [0.5, 0.6) is 11.5 Å². The number of allylic oxidation sites excluding steroid dienone is 1. The van der Waals surface area contributed by atoms with E-state index in [-0.39, 0.29) is 0 Å². The minimum atomic E-state index is -0.465. The van der Waals surface area contributed by atoms with E-state index in [0.717, 1.165) is 15.8 Å². The number of hydrogen-bond donors (Lipinski definition) is 0. The van der Waals surface area contributed by atoms with Crippen molar-refractivity contribution >= 4 is 61.8 Å². The van der Waals surface area contributed by atoms with Gasteiger partial charge in [0.05, 0.1) is 32.0 Å². The maximum Gasteiger partial charge on any atom is 0.343 e. The number of hydrogen-bond acceptors (Lipinski definition) is 6. The van der Waals surface area contributed by atoms with Gasteiger partial charge in [-0.2, -0.15) is 5.26 Å². The van der Waals surface area contributed by atoms with Crippen molar-refractivity contribution in [1.82, 2.24) is 4.98 Å². The second-order valence-corrected chi connectivity index (χ2v) is 8.64. The summed E-state index contributed by atoms with van der Waals surface area (Å²) in [4.78, 5) is 17.0. The fourth-order valence-electron chi connectivity index (χ4n) is 2.94. The van der Waals surface area contributed by atoms with Gasteiger partial charge in [0.1, 0.15) is 11.1 Å². The normalized spacial score (nSPS) is 11.2. The first-order valence-electron chi connectivity index (χ1n) is 9.21. The monoisotopic (exact) mass is 538 g/mol. The van der Waals surface area contributed by atoms with Gasteiger partial charge >= 0.3 is 5.97 Å². The molecule has 152 valence electrons. The highest BCUT2D eigenvalue weighted by atomic mass is 127. The maximum absolute atomic E-state index is 12.5. The number of carbonyl (C=O) groups excluding carboxylic acids is 1. The van der Waals surface area contributed by atoms with Crippen molar-refractivity contribution in [1.29, 1.82) is 5.26 Å². The third-order valence-corrected chi connectivity index (χ3v) is 6.28. The lowest BCUT2D eigenvalue weighted by atomic mass is 10.1. The topological polar surface area (TPSA) is 72.2 Å². The Morgan fingerprint density at radius 1 is 1.13 bits per heavy atom. The van der Waals surface area contributed by atoms with Crippen molar-refractivity contribution < 1.29 is 14.3 Å². The summed E-state index contributed by atoms with van der Waals surface area (Å²) in [5.41, 5.74) is 2.51. The van der Waals surface area contributed by atoms with Crippen molar-refractivity contribution in [2.24, 2.45) is 0 Å². The van der Waals surface area contributed by atoms with Crippen LogP contribution in [0.3, 0.4) is 0 Å². The van der Waals surface area contributed by atoms with Crippen LogP contribution in [0.1, 0.15) is 20.9 Å². The predicted octanol–water partition coefficient (Wildman–Crippen LogP) is 6.19. The van der Waals surface area contributed by atoms with Gasteiger partial charge in [0.25, 0.3) is 0 Å². The molecule has 0 bridgehead atoms. The van der Waals surface area contributed by atoms with Gasteiger partial charge in [-0.1, -0.05) is 30.3 Å². The fraction of sp³-hybridized carbons (Fsp3) is 0.0417. The van der Waals surface area contributed by atoms with Gasteiger partial charge in [-0.15, -0.1) is 11.3 Å². The van der Waals surface area contributed by atoms with Crippen molar-refractivity contribution in [3.63, 3.8) is 0 Å². The Hall–Kier alpha value is -3.22. The molecule has 5 nitrogen and oxygen atoms in total. The Balaban J connectivity index is 1.68. The number of esters is 1. The smallest absolute Gasteiger partial charge is 0.343 e. The SMILES string of the molecule is COc1cc(C=C(C#N)c2nc3ccccc3s2)cc(I)c1OC(=O)c1ccccc1. The Morgan fingerprint density at radius 3 is 2.58 bits per heavy atom. The lowest BCUT2D eigenvalue weighted by Gasteiger charge is -2.12. The molecular weight excluding hydrogens is 523 g/mol. The largest absolute Gasteiger partial charge is 0.493 e.